The Hall–Kier alpha value is -2.09. The summed E-state index contributed by atoms with van der Waals surface area (Å²) < 4.78 is 0. The third-order valence-electron chi connectivity index (χ3n) is 3.52. The molecule has 1 heterocycles. The van der Waals surface area contributed by atoms with E-state index in [2.05, 4.69) is 59.6 Å². The van der Waals surface area contributed by atoms with Crippen LogP contribution in [-0.2, 0) is 6.42 Å². The van der Waals surface area contributed by atoms with Crippen LogP contribution in [0.1, 0.15) is 25.3 Å². The molecule has 1 aromatic heterocycles. The number of hydrogen-bond donors (Lipinski definition) is 1. The van der Waals surface area contributed by atoms with E-state index in [1.165, 1.54) is 29.4 Å². The van der Waals surface area contributed by atoms with Gasteiger partial charge in [0, 0.05) is 10.9 Å². The summed E-state index contributed by atoms with van der Waals surface area (Å²) in [6.45, 7) is 2.23. The van der Waals surface area contributed by atoms with Crippen LogP contribution in [0.4, 0.5) is 0 Å². The van der Waals surface area contributed by atoms with Crippen molar-refractivity contribution in [2.24, 2.45) is 0 Å². The van der Waals surface area contributed by atoms with E-state index in [1.807, 2.05) is 6.07 Å². The highest BCUT2D eigenvalue weighted by atomic mass is 15.1. The fourth-order valence-corrected chi connectivity index (χ4v) is 2.39. The summed E-state index contributed by atoms with van der Waals surface area (Å²) in [5.74, 6) is 0. The number of aromatic nitrogens is 2. The number of H-pyrrole nitrogens is 1. The molecule has 0 spiro atoms. The molecule has 0 atom stereocenters. The third kappa shape index (κ3) is 2.39. The van der Waals surface area contributed by atoms with Crippen LogP contribution in [-0.4, -0.2) is 10.2 Å². The van der Waals surface area contributed by atoms with Gasteiger partial charge in [0.05, 0.1) is 11.2 Å². The summed E-state index contributed by atoms with van der Waals surface area (Å²) in [4.78, 5) is 0. The van der Waals surface area contributed by atoms with Crippen molar-refractivity contribution < 1.29 is 0 Å². The zero-order valence-corrected chi connectivity index (χ0v) is 11.2. The second-order valence-electron chi connectivity index (χ2n) is 4.92. The van der Waals surface area contributed by atoms with Crippen LogP contribution in [0.25, 0.3) is 22.2 Å². The molecule has 0 saturated carbocycles. The zero-order chi connectivity index (χ0) is 13.1. The molecule has 0 bridgehead atoms. The van der Waals surface area contributed by atoms with Crippen molar-refractivity contribution >= 4 is 10.9 Å². The van der Waals surface area contributed by atoms with Gasteiger partial charge in [-0.25, -0.2) is 0 Å². The van der Waals surface area contributed by atoms with Crippen LogP contribution >= 0.6 is 0 Å². The van der Waals surface area contributed by atoms with Crippen LogP contribution < -0.4 is 0 Å². The summed E-state index contributed by atoms with van der Waals surface area (Å²) in [6, 6.07) is 17.0. The van der Waals surface area contributed by atoms with Gasteiger partial charge in [-0.2, -0.15) is 5.10 Å². The number of aryl methyl sites for hydroxylation is 1. The fourth-order valence-electron chi connectivity index (χ4n) is 2.39. The van der Waals surface area contributed by atoms with Gasteiger partial charge in [-0.1, -0.05) is 55.8 Å². The molecule has 3 rings (SSSR count). The summed E-state index contributed by atoms with van der Waals surface area (Å²) in [6.07, 6.45) is 3.66. The first kappa shape index (κ1) is 12.0. The van der Waals surface area contributed by atoms with Gasteiger partial charge in [0.25, 0.3) is 0 Å². The number of hydrogen-bond acceptors (Lipinski definition) is 1. The molecular weight excluding hydrogens is 232 g/mol. The SMILES string of the molecule is CCCCc1ccc(-c2n[nH]c3ccccc23)cc1. The molecule has 19 heavy (non-hydrogen) atoms. The first-order valence-electron chi connectivity index (χ1n) is 6.91. The second kappa shape index (κ2) is 5.27. The Morgan fingerprint density at radius 3 is 2.58 bits per heavy atom. The van der Waals surface area contributed by atoms with Crippen molar-refractivity contribution in [2.75, 3.05) is 0 Å². The molecule has 1 N–H and O–H groups in total. The molecule has 2 aromatic carbocycles. The highest BCUT2D eigenvalue weighted by Gasteiger charge is 2.06. The summed E-state index contributed by atoms with van der Waals surface area (Å²) in [7, 11) is 0. The molecule has 0 fully saturated rings. The van der Waals surface area contributed by atoms with E-state index < -0.39 is 0 Å². The Morgan fingerprint density at radius 1 is 1.00 bits per heavy atom. The van der Waals surface area contributed by atoms with Crippen molar-refractivity contribution in [3.05, 3.63) is 54.1 Å². The monoisotopic (exact) mass is 250 g/mol. The number of unbranched alkanes of at least 4 members (excludes halogenated alkanes) is 1. The Bertz CT molecular complexity index is 665. The highest BCUT2D eigenvalue weighted by molar-refractivity contribution is 5.92. The summed E-state index contributed by atoms with van der Waals surface area (Å²) >= 11 is 0. The Labute approximate surface area is 113 Å². The molecule has 0 aliphatic rings. The topological polar surface area (TPSA) is 28.7 Å². The van der Waals surface area contributed by atoms with Crippen molar-refractivity contribution in [3.63, 3.8) is 0 Å². The van der Waals surface area contributed by atoms with E-state index in [-0.39, 0.29) is 0 Å². The van der Waals surface area contributed by atoms with Gasteiger partial charge in [-0.3, -0.25) is 5.10 Å². The number of fused-ring (bicyclic) bond motifs is 1. The lowest BCUT2D eigenvalue weighted by atomic mass is 10.0. The average molecular weight is 250 g/mol. The second-order valence-corrected chi connectivity index (χ2v) is 4.92. The Morgan fingerprint density at radius 2 is 1.79 bits per heavy atom. The lowest BCUT2D eigenvalue weighted by molar-refractivity contribution is 0.795. The molecule has 3 aromatic rings. The standard InChI is InChI=1S/C17H18N2/c1-2-3-6-13-9-11-14(12-10-13)17-15-7-4-5-8-16(15)18-19-17/h4-5,7-12H,2-3,6H2,1H3,(H,18,19). The van der Waals surface area contributed by atoms with E-state index in [1.54, 1.807) is 0 Å². The molecule has 2 heteroatoms. The van der Waals surface area contributed by atoms with Crippen LogP contribution in [0, 0.1) is 0 Å². The lowest BCUT2D eigenvalue weighted by Crippen LogP contribution is -1.85. The third-order valence-corrected chi connectivity index (χ3v) is 3.52. The smallest absolute Gasteiger partial charge is 0.0999 e. The number of nitrogens with zero attached hydrogens (tertiary/aromatic N) is 1. The molecule has 0 radical (unpaired) electrons. The van der Waals surface area contributed by atoms with Crippen LogP contribution in [0.2, 0.25) is 0 Å². The van der Waals surface area contributed by atoms with Gasteiger partial charge >= 0.3 is 0 Å². The minimum absolute atomic E-state index is 1.04. The maximum absolute atomic E-state index is 4.43. The fraction of sp³-hybridized carbons (Fsp3) is 0.235. The van der Waals surface area contributed by atoms with E-state index in [4.69, 9.17) is 0 Å². The van der Waals surface area contributed by atoms with Crippen LogP contribution in [0.3, 0.4) is 0 Å². The number of nitrogens with one attached hydrogen (secondary N) is 1. The molecule has 0 aliphatic heterocycles. The summed E-state index contributed by atoms with van der Waals surface area (Å²) in [5.41, 5.74) is 4.72. The van der Waals surface area contributed by atoms with Gasteiger partial charge in [-0.05, 0) is 24.5 Å². The van der Waals surface area contributed by atoms with Crippen molar-refractivity contribution in [3.8, 4) is 11.3 Å². The predicted octanol–water partition coefficient (Wildman–Crippen LogP) is 4.57. The van der Waals surface area contributed by atoms with Gasteiger partial charge in [0.1, 0.15) is 0 Å². The quantitative estimate of drug-likeness (QED) is 0.721. The van der Waals surface area contributed by atoms with E-state index in [0.29, 0.717) is 0 Å². The first-order chi connectivity index (χ1) is 9.38. The molecule has 0 unspecified atom stereocenters. The predicted molar refractivity (Wildman–Crippen MR) is 80.1 cm³/mol. The minimum Gasteiger partial charge on any atom is -0.277 e. The molecule has 0 amide bonds. The van der Waals surface area contributed by atoms with Crippen LogP contribution in [0.15, 0.2) is 48.5 Å². The van der Waals surface area contributed by atoms with E-state index >= 15 is 0 Å². The van der Waals surface area contributed by atoms with Crippen LogP contribution in [0.5, 0.6) is 0 Å². The average Bonchev–Trinajstić information content (AvgIpc) is 2.90. The Balaban J connectivity index is 1.93. The van der Waals surface area contributed by atoms with Gasteiger partial charge in [0.15, 0.2) is 0 Å². The molecule has 96 valence electrons. The van der Waals surface area contributed by atoms with E-state index in [9.17, 15) is 0 Å². The van der Waals surface area contributed by atoms with Crippen molar-refractivity contribution in [1.82, 2.24) is 10.2 Å². The minimum atomic E-state index is 1.04. The van der Waals surface area contributed by atoms with E-state index in [0.717, 1.165) is 17.6 Å². The van der Waals surface area contributed by atoms with Gasteiger partial charge in [0.2, 0.25) is 0 Å². The number of benzene rings is 2. The molecular formula is C17H18N2. The summed E-state index contributed by atoms with van der Waals surface area (Å²) in [5, 5.41) is 8.70. The number of rotatable bonds is 4. The maximum Gasteiger partial charge on any atom is 0.0999 e. The lowest BCUT2D eigenvalue weighted by Gasteiger charge is -2.02. The number of para-hydroxylation sites is 1. The molecule has 0 saturated heterocycles. The van der Waals surface area contributed by atoms with Crippen molar-refractivity contribution in [1.29, 1.82) is 0 Å². The Kier molecular flexibility index (Phi) is 3.32. The number of aromatic amines is 1. The maximum atomic E-state index is 4.43. The van der Waals surface area contributed by atoms with Gasteiger partial charge in [-0.15, -0.1) is 0 Å². The first-order valence-corrected chi connectivity index (χ1v) is 6.91. The normalized spacial score (nSPS) is 11.0. The highest BCUT2D eigenvalue weighted by Crippen LogP contribution is 2.26. The zero-order valence-electron chi connectivity index (χ0n) is 11.2. The molecule has 0 aliphatic carbocycles. The van der Waals surface area contributed by atoms with Crippen molar-refractivity contribution in [2.45, 2.75) is 26.2 Å². The van der Waals surface area contributed by atoms with Gasteiger partial charge < -0.3 is 0 Å². The molecule has 2 nitrogen and oxygen atoms in total. The largest absolute Gasteiger partial charge is 0.277 e.